The number of fused-ring (bicyclic) bond motifs is 4. The summed E-state index contributed by atoms with van der Waals surface area (Å²) in [4.78, 5) is 2.35. The molecule has 0 bridgehead atoms. The molecular formula is C58H40N2. The quantitative estimate of drug-likeness (QED) is 0.150. The van der Waals surface area contributed by atoms with E-state index in [4.69, 9.17) is 0 Å². The van der Waals surface area contributed by atoms with Crippen LogP contribution in [0.25, 0.3) is 82.8 Å². The van der Waals surface area contributed by atoms with E-state index < -0.39 is 0 Å². The summed E-state index contributed by atoms with van der Waals surface area (Å²) in [6, 6.07) is 87.8. The highest BCUT2D eigenvalue weighted by Crippen LogP contribution is 2.40. The van der Waals surface area contributed by atoms with Crippen LogP contribution >= 0.6 is 0 Å². The lowest BCUT2D eigenvalue weighted by molar-refractivity contribution is 1.18. The molecule has 10 aromatic carbocycles. The highest BCUT2D eigenvalue weighted by molar-refractivity contribution is 6.10. The van der Waals surface area contributed by atoms with Gasteiger partial charge in [0.05, 0.1) is 11.0 Å². The number of benzene rings is 10. The molecule has 1 heterocycles. The van der Waals surface area contributed by atoms with Crippen molar-refractivity contribution in [1.29, 1.82) is 0 Å². The first-order chi connectivity index (χ1) is 29.7. The third-order valence-corrected chi connectivity index (χ3v) is 11.8. The van der Waals surface area contributed by atoms with Gasteiger partial charge >= 0.3 is 0 Å². The van der Waals surface area contributed by atoms with Crippen LogP contribution in [0, 0.1) is 0 Å². The molecule has 0 saturated carbocycles. The zero-order valence-corrected chi connectivity index (χ0v) is 33.0. The smallest absolute Gasteiger partial charge is 0.0541 e. The molecule has 0 aliphatic carbocycles. The molecule has 0 saturated heterocycles. The Morgan fingerprint density at radius 1 is 0.250 bits per heavy atom. The first-order valence-corrected chi connectivity index (χ1v) is 20.6. The third kappa shape index (κ3) is 6.51. The van der Waals surface area contributed by atoms with Crippen LogP contribution in [0.2, 0.25) is 0 Å². The molecule has 0 fully saturated rings. The van der Waals surface area contributed by atoms with Crippen LogP contribution < -0.4 is 4.90 Å². The van der Waals surface area contributed by atoms with Crippen molar-refractivity contribution in [2.75, 3.05) is 4.90 Å². The second-order valence-corrected chi connectivity index (χ2v) is 15.4. The highest BCUT2D eigenvalue weighted by atomic mass is 15.1. The SMILES string of the molecule is c1ccc(-c2ccc(N(c3ccc(-c4cccc(-c5ccc6ccccc6c5)c4)cc3)c3ccc(-c4ccc5c(c4)c4ccccc4n5-c4ccccc4)cc3)cc2)cc1. The minimum Gasteiger partial charge on any atom is -0.311 e. The second-order valence-electron chi connectivity index (χ2n) is 15.4. The molecule has 1 aromatic heterocycles. The molecule has 0 aliphatic heterocycles. The van der Waals surface area contributed by atoms with Gasteiger partial charge in [-0.15, -0.1) is 0 Å². The van der Waals surface area contributed by atoms with Crippen molar-refractivity contribution < 1.29 is 0 Å². The predicted octanol–water partition coefficient (Wildman–Crippen LogP) is 16.1. The highest BCUT2D eigenvalue weighted by Gasteiger charge is 2.16. The van der Waals surface area contributed by atoms with Crippen molar-refractivity contribution in [2.45, 2.75) is 0 Å². The van der Waals surface area contributed by atoms with E-state index in [9.17, 15) is 0 Å². The van der Waals surface area contributed by atoms with E-state index >= 15 is 0 Å². The Morgan fingerprint density at radius 2 is 0.683 bits per heavy atom. The number of para-hydroxylation sites is 2. The van der Waals surface area contributed by atoms with Gasteiger partial charge in [-0.05, 0) is 134 Å². The van der Waals surface area contributed by atoms with Crippen LogP contribution in [0.5, 0.6) is 0 Å². The molecule has 0 unspecified atom stereocenters. The van der Waals surface area contributed by atoms with Gasteiger partial charge in [-0.1, -0.05) is 164 Å². The van der Waals surface area contributed by atoms with Crippen molar-refractivity contribution in [2.24, 2.45) is 0 Å². The minimum atomic E-state index is 1.10. The van der Waals surface area contributed by atoms with Crippen LogP contribution in [-0.4, -0.2) is 4.57 Å². The second kappa shape index (κ2) is 15.1. The molecule has 11 rings (SSSR count). The molecule has 60 heavy (non-hydrogen) atoms. The summed E-state index contributed by atoms with van der Waals surface area (Å²) >= 11 is 0. The zero-order valence-electron chi connectivity index (χ0n) is 33.0. The molecule has 0 atom stereocenters. The average Bonchev–Trinajstić information content (AvgIpc) is 3.66. The molecule has 2 heteroatoms. The van der Waals surface area contributed by atoms with Crippen LogP contribution in [-0.2, 0) is 0 Å². The first-order valence-electron chi connectivity index (χ1n) is 20.6. The van der Waals surface area contributed by atoms with Crippen LogP contribution in [0.15, 0.2) is 243 Å². The van der Waals surface area contributed by atoms with Gasteiger partial charge in [0.15, 0.2) is 0 Å². The Bertz CT molecular complexity index is 3270. The maximum atomic E-state index is 2.37. The van der Waals surface area contributed by atoms with E-state index in [1.807, 2.05) is 0 Å². The largest absolute Gasteiger partial charge is 0.311 e. The molecule has 0 amide bonds. The summed E-state index contributed by atoms with van der Waals surface area (Å²) in [5, 5.41) is 5.01. The maximum Gasteiger partial charge on any atom is 0.0541 e. The van der Waals surface area contributed by atoms with Crippen molar-refractivity contribution in [3.63, 3.8) is 0 Å². The lowest BCUT2D eigenvalue weighted by Gasteiger charge is -2.26. The van der Waals surface area contributed by atoms with Crippen molar-refractivity contribution in [3.05, 3.63) is 243 Å². The van der Waals surface area contributed by atoms with E-state index in [2.05, 4.69) is 252 Å². The molecule has 2 nitrogen and oxygen atoms in total. The maximum absolute atomic E-state index is 2.37. The Morgan fingerprint density at radius 3 is 1.35 bits per heavy atom. The van der Waals surface area contributed by atoms with Gasteiger partial charge in [-0.2, -0.15) is 0 Å². The monoisotopic (exact) mass is 764 g/mol. The fourth-order valence-electron chi connectivity index (χ4n) is 8.74. The lowest BCUT2D eigenvalue weighted by atomic mass is 9.97. The minimum absolute atomic E-state index is 1.10. The number of rotatable bonds is 8. The van der Waals surface area contributed by atoms with E-state index in [0.717, 1.165) is 17.1 Å². The number of aromatic nitrogens is 1. The van der Waals surface area contributed by atoms with E-state index in [1.165, 1.54) is 82.8 Å². The normalized spacial score (nSPS) is 11.3. The summed E-state index contributed by atoms with van der Waals surface area (Å²) in [7, 11) is 0. The van der Waals surface area contributed by atoms with Gasteiger partial charge in [0.1, 0.15) is 0 Å². The molecular weight excluding hydrogens is 725 g/mol. The van der Waals surface area contributed by atoms with Gasteiger partial charge in [0, 0.05) is 33.5 Å². The predicted molar refractivity (Wildman–Crippen MR) is 255 cm³/mol. The number of hydrogen-bond donors (Lipinski definition) is 0. The van der Waals surface area contributed by atoms with Crippen LogP contribution in [0.3, 0.4) is 0 Å². The molecule has 282 valence electrons. The summed E-state index contributed by atoms with van der Waals surface area (Å²) in [6.45, 7) is 0. The fourth-order valence-corrected chi connectivity index (χ4v) is 8.74. The van der Waals surface area contributed by atoms with Gasteiger partial charge in [0.25, 0.3) is 0 Å². The van der Waals surface area contributed by atoms with Gasteiger partial charge < -0.3 is 9.47 Å². The summed E-state index contributed by atoms with van der Waals surface area (Å²) in [6.07, 6.45) is 0. The molecule has 0 N–H and O–H groups in total. The Balaban J connectivity index is 0.948. The lowest BCUT2D eigenvalue weighted by Crippen LogP contribution is -2.09. The Hall–Kier alpha value is -7.94. The number of hydrogen-bond acceptors (Lipinski definition) is 1. The van der Waals surface area contributed by atoms with Crippen molar-refractivity contribution in [3.8, 4) is 50.2 Å². The van der Waals surface area contributed by atoms with Crippen molar-refractivity contribution >= 4 is 49.6 Å². The van der Waals surface area contributed by atoms with Gasteiger partial charge in [-0.25, -0.2) is 0 Å². The molecule has 0 spiro atoms. The third-order valence-electron chi connectivity index (χ3n) is 11.8. The fraction of sp³-hybridized carbons (Fsp3) is 0. The number of anilines is 3. The van der Waals surface area contributed by atoms with Gasteiger partial charge in [-0.3, -0.25) is 0 Å². The number of nitrogens with zero attached hydrogens (tertiary/aromatic N) is 2. The molecule has 0 radical (unpaired) electrons. The van der Waals surface area contributed by atoms with Gasteiger partial charge in [0.2, 0.25) is 0 Å². The molecule has 0 aliphatic rings. The summed E-state index contributed by atoms with van der Waals surface area (Å²) < 4.78 is 2.37. The summed E-state index contributed by atoms with van der Waals surface area (Å²) in [5.41, 5.74) is 16.5. The summed E-state index contributed by atoms with van der Waals surface area (Å²) in [5.74, 6) is 0. The van der Waals surface area contributed by atoms with Crippen LogP contribution in [0.4, 0.5) is 17.1 Å². The first kappa shape index (κ1) is 35.2. The Labute approximate surface area is 350 Å². The topological polar surface area (TPSA) is 8.17 Å². The van der Waals surface area contributed by atoms with Crippen molar-refractivity contribution in [1.82, 2.24) is 4.57 Å². The van der Waals surface area contributed by atoms with E-state index in [-0.39, 0.29) is 0 Å². The van der Waals surface area contributed by atoms with Crippen LogP contribution in [0.1, 0.15) is 0 Å². The average molecular weight is 765 g/mol. The zero-order chi connectivity index (χ0) is 39.8. The standard InChI is InChI=1S/C58H40N2/c1-3-12-41(13-4-1)43-24-31-52(32-25-43)59(53-33-26-44(27-34-53)47-16-11-17-48(38-47)49-23-22-42-14-7-8-15-46(42)39-49)54-35-28-45(29-36-54)50-30-37-58-56(40-50)55-20-9-10-21-57(55)60(58)51-18-5-2-6-19-51/h1-40H. The van der Waals surface area contributed by atoms with E-state index in [0.29, 0.717) is 0 Å². The molecule has 11 aromatic rings. The van der Waals surface area contributed by atoms with E-state index in [1.54, 1.807) is 0 Å². The Kier molecular flexibility index (Phi) is 8.87.